The third-order valence-electron chi connectivity index (χ3n) is 1.55. The molecule has 0 aliphatic heterocycles. The first-order valence-corrected chi connectivity index (χ1v) is 5.06. The van der Waals surface area contributed by atoms with Crippen LogP contribution in [0.4, 0.5) is 0 Å². The molecule has 7 nitrogen and oxygen atoms in total. The van der Waals surface area contributed by atoms with E-state index in [-0.39, 0.29) is 10.6 Å². The lowest BCUT2D eigenvalue weighted by Gasteiger charge is -2.01. The zero-order valence-corrected chi connectivity index (χ0v) is 8.38. The molecule has 2 N–H and O–H groups in total. The fourth-order valence-corrected chi connectivity index (χ4v) is 1.64. The van der Waals surface area contributed by atoms with E-state index in [4.69, 9.17) is 0 Å². The Bertz CT molecular complexity index is 436. The van der Waals surface area contributed by atoms with E-state index in [0.29, 0.717) is 0 Å². The molecule has 0 bridgehead atoms. The highest BCUT2D eigenvalue weighted by Gasteiger charge is 2.23. The quantitative estimate of drug-likeness (QED) is 0.642. The summed E-state index contributed by atoms with van der Waals surface area (Å²) in [6.07, 6.45) is 1.09. The zero-order valence-electron chi connectivity index (χ0n) is 7.57. The maximum Gasteiger partial charge on any atom is 0.342 e. The lowest BCUT2D eigenvalue weighted by Crippen LogP contribution is -2.21. The summed E-state index contributed by atoms with van der Waals surface area (Å²) in [5, 5.41) is 5.37. The first-order valence-electron chi connectivity index (χ1n) is 3.58. The maximum atomic E-state index is 11.3. The molecule has 0 aliphatic carbocycles. The van der Waals surface area contributed by atoms with Crippen LogP contribution in [0, 0.1) is 0 Å². The monoisotopic (exact) mass is 219 g/mol. The van der Waals surface area contributed by atoms with Gasteiger partial charge in [0.15, 0.2) is 5.03 Å². The number of esters is 1. The first-order chi connectivity index (χ1) is 6.53. The molecule has 0 unspecified atom stereocenters. The van der Waals surface area contributed by atoms with Gasteiger partial charge in [-0.05, 0) is 7.05 Å². The highest BCUT2D eigenvalue weighted by molar-refractivity contribution is 7.89. The Morgan fingerprint density at radius 1 is 1.64 bits per heavy atom. The summed E-state index contributed by atoms with van der Waals surface area (Å²) in [7, 11) is -1.32. The van der Waals surface area contributed by atoms with Crippen molar-refractivity contribution in [1.29, 1.82) is 0 Å². The van der Waals surface area contributed by atoms with Gasteiger partial charge in [0.25, 0.3) is 10.0 Å². The molecule has 1 heterocycles. The largest absolute Gasteiger partial charge is 0.465 e. The van der Waals surface area contributed by atoms with Crippen molar-refractivity contribution in [2.75, 3.05) is 14.2 Å². The Morgan fingerprint density at radius 2 is 2.29 bits per heavy atom. The minimum absolute atomic E-state index is 0.123. The number of carbonyl (C=O) groups is 1. The number of hydrogen-bond acceptors (Lipinski definition) is 5. The van der Waals surface area contributed by atoms with Crippen LogP contribution in [0.5, 0.6) is 0 Å². The van der Waals surface area contributed by atoms with E-state index in [2.05, 4.69) is 19.7 Å². The molecule has 0 spiro atoms. The summed E-state index contributed by atoms with van der Waals surface area (Å²) in [5.41, 5.74) is -0.123. The molecule has 0 atom stereocenters. The van der Waals surface area contributed by atoms with Crippen molar-refractivity contribution in [2.45, 2.75) is 5.03 Å². The van der Waals surface area contributed by atoms with E-state index in [1.807, 2.05) is 0 Å². The second kappa shape index (κ2) is 3.76. The van der Waals surface area contributed by atoms with E-state index in [0.717, 1.165) is 13.3 Å². The van der Waals surface area contributed by atoms with Crippen molar-refractivity contribution in [3.05, 3.63) is 11.8 Å². The summed E-state index contributed by atoms with van der Waals surface area (Å²) in [4.78, 5) is 11.1. The van der Waals surface area contributed by atoms with Gasteiger partial charge < -0.3 is 4.74 Å². The van der Waals surface area contributed by atoms with Crippen LogP contribution in [0.1, 0.15) is 10.4 Å². The number of ether oxygens (including phenoxy) is 1. The fourth-order valence-electron chi connectivity index (χ4n) is 0.837. The zero-order chi connectivity index (χ0) is 10.8. The van der Waals surface area contributed by atoms with E-state index in [9.17, 15) is 13.2 Å². The number of nitrogens with one attached hydrogen (secondary N) is 2. The summed E-state index contributed by atoms with van der Waals surface area (Å²) in [6.45, 7) is 0. The van der Waals surface area contributed by atoms with Gasteiger partial charge in [-0.15, -0.1) is 0 Å². The third-order valence-corrected chi connectivity index (χ3v) is 2.93. The summed E-state index contributed by atoms with van der Waals surface area (Å²) in [6, 6.07) is 0. The van der Waals surface area contributed by atoms with E-state index < -0.39 is 16.0 Å². The normalized spacial score (nSPS) is 11.3. The fraction of sp³-hybridized carbons (Fsp3) is 0.333. The number of carbonyl (C=O) groups excluding carboxylic acids is 1. The molecular formula is C6H9N3O4S. The molecule has 0 saturated carbocycles. The number of aromatic amines is 1. The standard InChI is InChI=1S/C6H9N3O4S/c1-7-14(11,12)5-4(3-8-9-5)6(10)13-2/h3,7H,1-2H3,(H,8,9). The smallest absolute Gasteiger partial charge is 0.342 e. The molecule has 1 aromatic heterocycles. The Morgan fingerprint density at radius 3 is 2.79 bits per heavy atom. The van der Waals surface area contributed by atoms with Crippen LogP contribution in [0.3, 0.4) is 0 Å². The summed E-state index contributed by atoms with van der Waals surface area (Å²) in [5.74, 6) is -0.757. The van der Waals surface area contributed by atoms with Gasteiger partial charge in [0.05, 0.1) is 13.3 Å². The van der Waals surface area contributed by atoms with Crippen molar-refractivity contribution < 1.29 is 17.9 Å². The third kappa shape index (κ3) is 1.75. The number of H-pyrrole nitrogens is 1. The molecule has 0 amide bonds. The number of hydrogen-bond donors (Lipinski definition) is 2. The minimum Gasteiger partial charge on any atom is -0.465 e. The molecule has 14 heavy (non-hydrogen) atoms. The van der Waals surface area contributed by atoms with Gasteiger partial charge in [0.2, 0.25) is 0 Å². The van der Waals surface area contributed by atoms with Crippen molar-refractivity contribution >= 4 is 16.0 Å². The van der Waals surface area contributed by atoms with Crippen molar-refractivity contribution in [3.8, 4) is 0 Å². The molecule has 0 aromatic carbocycles. The first kappa shape index (κ1) is 10.7. The average molecular weight is 219 g/mol. The second-order valence-electron chi connectivity index (χ2n) is 2.31. The Hall–Kier alpha value is -1.41. The Kier molecular flexibility index (Phi) is 2.87. The minimum atomic E-state index is -3.71. The number of aromatic nitrogens is 2. The van der Waals surface area contributed by atoms with E-state index >= 15 is 0 Å². The van der Waals surface area contributed by atoms with Gasteiger partial charge in [-0.1, -0.05) is 0 Å². The lowest BCUT2D eigenvalue weighted by molar-refractivity contribution is 0.0596. The van der Waals surface area contributed by atoms with Crippen molar-refractivity contribution in [1.82, 2.24) is 14.9 Å². The average Bonchev–Trinajstić information content (AvgIpc) is 2.65. The number of nitrogens with zero attached hydrogens (tertiary/aromatic N) is 1. The summed E-state index contributed by atoms with van der Waals surface area (Å²) < 4.78 is 29.1. The number of rotatable bonds is 3. The van der Waals surface area contributed by atoms with Gasteiger partial charge in [-0.25, -0.2) is 17.9 Å². The molecule has 0 aliphatic rings. The predicted molar refractivity (Wildman–Crippen MR) is 46.2 cm³/mol. The van der Waals surface area contributed by atoms with E-state index in [1.165, 1.54) is 7.05 Å². The number of methoxy groups -OCH3 is 1. The molecule has 1 rings (SSSR count). The van der Waals surface area contributed by atoms with Crippen LogP contribution in [0.2, 0.25) is 0 Å². The molecule has 0 saturated heterocycles. The molecule has 8 heteroatoms. The van der Waals surface area contributed by atoms with Crippen LogP contribution in [0.15, 0.2) is 11.2 Å². The van der Waals surface area contributed by atoms with Crippen molar-refractivity contribution in [2.24, 2.45) is 0 Å². The molecule has 78 valence electrons. The highest BCUT2D eigenvalue weighted by Crippen LogP contribution is 2.11. The van der Waals surface area contributed by atoms with Gasteiger partial charge in [0, 0.05) is 0 Å². The van der Waals surface area contributed by atoms with Crippen LogP contribution in [-0.4, -0.2) is 38.7 Å². The SMILES string of the molecule is CNS(=O)(=O)c1[nH]ncc1C(=O)OC. The maximum absolute atomic E-state index is 11.3. The van der Waals surface area contributed by atoms with Crippen LogP contribution in [0.25, 0.3) is 0 Å². The highest BCUT2D eigenvalue weighted by atomic mass is 32.2. The Labute approximate surface area is 80.5 Å². The van der Waals surface area contributed by atoms with Gasteiger partial charge in [-0.3, -0.25) is 5.10 Å². The Balaban J connectivity index is 3.25. The second-order valence-corrected chi connectivity index (χ2v) is 4.14. The van der Waals surface area contributed by atoms with Gasteiger partial charge in [0.1, 0.15) is 5.56 Å². The van der Waals surface area contributed by atoms with Crippen molar-refractivity contribution in [3.63, 3.8) is 0 Å². The number of sulfonamides is 1. The van der Waals surface area contributed by atoms with Gasteiger partial charge in [-0.2, -0.15) is 5.10 Å². The molecule has 0 radical (unpaired) electrons. The molecule has 0 fully saturated rings. The van der Waals surface area contributed by atoms with Crippen LogP contribution >= 0.6 is 0 Å². The van der Waals surface area contributed by atoms with Crippen LogP contribution in [-0.2, 0) is 14.8 Å². The molecular weight excluding hydrogens is 210 g/mol. The molecule has 1 aromatic rings. The van der Waals surface area contributed by atoms with Crippen LogP contribution < -0.4 is 4.72 Å². The van der Waals surface area contributed by atoms with E-state index in [1.54, 1.807) is 0 Å². The predicted octanol–water partition coefficient (Wildman–Crippen LogP) is -0.896. The van der Waals surface area contributed by atoms with Gasteiger partial charge >= 0.3 is 5.97 Å². The lowest BCUT2D eigenvalue weighted by atomic mass is 10.4. The summed E-state index contributed by atoms with van der Waals surface area (Å²) >= 11 is 0. The topological polar surface area (TPSA) is 101 Å².